The van der Waals surface area contributed by atoms with Crippen LogP contribution in [-0.4, -0.2) is 24.0 Å². The van der Waals surface area contributed by atoms with Crippen molar-refractivity contribution in [1.82, 2.24) is 10.6 Å². The number of carbonyl (C=O) groups is 1. The number of hydrogen-bond acceptors (Lipinski definition) is 3. The van der Waals surface area contributed by atoms with Gasteiger partial charge in [-0.25, -0.2) is 0 Å². The number of amides is 1. The van der Waals surface area contributed by atoms with E-state index in [4.69, 9.17) is 5.26 Å². The molecular weight excluding hydrogens is 202 g/mol. The predicted octanol–water partition coefficient (Wildman–Crippen LogP) is 1.33. The highest BCUT2D eigenvalue weighted by Crippen LogP contribution is 2.25. The van der Waals surface area contributed by atoms with E-state index in [2.05, 4.69) is 23.6 Å². The van der Waals surface area contributed by atoms with Crippen molar-refractivity contribution in [2.24, 2.45) is 0 Å². The molecule has 4 heteroatoms. The Balaban J connectivity index is 2.58. The largest absolute Gasteiger partial charge is 0.351 e. The van der Waals surface area contributed by atoms with E-state index in [-0.39, 0.29) is 17.5 Å². The summed E-state index contributed by atoms with van der Waals surface area (Å²) in [5.41, 5.74) is -0.377. The Morgan fingerprint density at radius 3 is 2.94 bits per heavy atom. The number of rotatable bonds is 5. The van der Waals surface area contributed by atoms with Crippen LogP contribution in [-0.2, 0) is 4.79 Å². The van der Waals surface area contributed by atoms with Gasteiger partial charge in [-0.15, -0.1) is 0 Å². The van der Waals surface area contributed by atoms with Gasteiger partial charge < -0.3 is 10.6 Å². The van der Waals surface area contributed by atoms with Gasteiger partial charge in [0.2, 0.25) is 5.91 Å². The lowest BCUT2D eigenvalue weighted by atomic mass is 9.90. The van der Waals surface area contributed by atoms with Crippen LogP contribution < -0.4 is 10.6 Å². The third-order valence-corrected chi connectivity index (χ3v) is 3.13. The SMILES string of the molecule is CCCC1(C(=O)NC(C)CC#N)CCCN1. The number of nitriles is 1. The van der Waals surface area contributed by atoms with Crippen LogP contribution in [0.3, 0.4) is 0 Å². The van der Waals surface area contributed by atoms with Crippen molar-refractivity contribution in [3.05, 3.63) is 0 Å². The number of nitrogens with one attached hydrogen (secondary N) is 2. The van der Waals surface area contributed by atoms with E-state index in [1.54, 1.807) is 0 Å². The molecular formula is C12H21N3O. The van der Waals surface area contributed by atoms with Crippen molar-refractivity contribution in [3.8, 4) is 6.07 Å². The maximum absolute atomic E-state index is 12.2. The minimum atomic E-state index is -0.377. The first-order valence-electron chi connectivity index (χ1n) is 6.07. The Morgan fingerprint density at radius 1 is 1.69 bits per heavy atom. The zero-order chi connectivity index (χ0) is 12.0. The van der Waals surface area contributed by atoms with Gasteiger partial charge >= 0.3 is 0 Å². The summed E-state index contributed by atoms with van der Waals surface area (Å²) in [7, 11) is 0. The first kappa shape index (κ1) is 13.0. The molecule has 1 aliphatic heterocycles. The van der Waals surface area contributed by atoms with Crippen LogP contribution in [0.15, 0.2) is 0 Å². The summed E-state index contributed by atoms with van der Waals surface area (Å²) in [5.74, 6) is 0.0644. The lowest BCUT2D eigenvalue weighted by Crippen LogP contribution is -2.55. The Kier molecular flexibility index (Phi) is 4.75. The van der Waals surface area contributed by atoms with Gasteiger partial charge in [0.1, 0.15) is 0 Å². The van der Waals surface area contributed by atoms with Crippen molar-refractivity contribution in [1.29, 1.82) is 5.26 Å². The van der Waals surface area contributed by atoms with Crippen LogP contribution in [0.2, 0.25) is 0 Å². The molecule has 1 amide bonds. The molecule has 0 aromatic carbocycles. The van der Waals surface area contributed by atoms with Crippen molar-refractivity contribution in [2.45, 2.75) is 57.5 Å². The quantitative estimate of drug-likeness (QED) is 0.739. The van der Waals surface area contributed by atoms with Crippen molar-refractivity contribution in [3.63, 3.8) is 0 Å². The molecule has 0 aliphatic carbocycles. The van der Waals surface area contributed by atoms with E-state index in [0.717, 1.165) is 32.2 Å². The standard InChI is InChI=1S/C12H21N3O/c1-3-6-12(7-4-9-14-12)11(16)15-10(2)5-8-13/h10,14H,3-7,9H2,1-2H3,(H,15,16). The van der Waals surface area contributed by atoms with Crippen LogP contribution in [0, 0.1) is 11.3 Å². The van der Waals surface area contributed by atoms with Crippen molar-refractivity contribution in [2.75, 3.05) is 6.54 Å². The molecule has 2 N–H and O–H groups in total. The van der Waals surface area contributed by atoms with Crippen LogP contribution >= 0.6 is 0 Å². The molecule has 0 aromatic rings. The summed E-state index contributed by atoms with van der Waals surface area (Å²) in [6.45, 7) is 4.88. The van der Waals surface area contributed by atoms with Gasteiger partial charge in [0.25, 0.3) is 0 Å². The van der Waals surface area contributed by atoms with Crippen molar-refractivity contribution < 1.29 is 4.79 Å². The van der Waals surface area contributed by atoms with Gasteiger partial charge in [-0.3, -0.25) is 4.79 Å². The average molecular weight is 223 g/mol. The smallest absolute Gasteiger partial charge is 0.240 e. The summed E-state index contributed by atoms with van der Waals surface area (Å²) in [6, 6.07) is 2.01. The average Bonchev–Trinajstić information content (AvgIpc) is 2.68. The molecule has 90 valence electrons. The van der Waals surface area contributed by atoms with Gasteiger partial charge in [0.15, 0.2) is 0 Å². The Hall–Kier alpha value is -1.08. The maximum Gasteiger partial charge on any atom is 0.240 e. The van der Waals surface area contributed by atoms with Gasteiger partial charge in [-0.1, -0.05) is 13.3 Å². The lowest BCUT2D eigenvalue weighted by molar-refractivity contribution is -0.128. The Labute approximate surface area is 97.4 Å². The number of carbonyl (C=O) groups excluding carboxylic acids is 1. The molecule has 1 saturated heterocycles. The first-order chi connectivity index (χ1) is 7.64. The maximum atomic E-state index is 12.2. The molecule has 2 atom stereocenters. The van der Waals surface area contributed by atoms with Gasteiger partial charge in [0.05, 0.1) is 18.0 Å². The second-order valence-electron chi connectivity index (χ2n) is 4.60. The molecule has 0 saturated carbocycles. The summed E-state index contributed by atoms with van der Waals surface area (Å²) in [5, 5.41) is 14.8. The Morgan fingerprint density at radius 2 is 2.44 bits per heavy atom. The predicted molar refractivity (Wildman–Crippen MR) is 62.7 cm³/mol. The number of hydrogen-bond donors (Lipinski definition) is 2. The monoisotopic (exact) mass is 223 g/mol. The molecule has 1 heterocycles. The van der Waals surface area contributed by atoms with Gasteiger partial charge in [-0.2, -0.15) is 5.26 Å². The molecule has 1 rings (SSSR count). The van der Waals surface area contributed by atoms with E-state index >= 15 is 0 Å². The molecule has 1 aliphatic rings. The highest BCUT2D eigenvalue weighted by Gasteiger charge is 2.40. The summed E-state index contributed by atoms with van der Waals surface area (Å²) in [6.07, 6.45) is 4.20. The molecule has 0 bridgehead atoms. The number of nitrogens with zero attached hydrogens (tertiary/aromatic N) is 1. The minimum Gasteiger partial charge on any atom is -0.351 e. The summed E-state index contributed by atoms with van der Waals surface area (Å²) in [4.78, 5) is 12.2. The molecule has 2 unspecified atom stereocenters. The van der Waals surface area contributed by atoms with E-state index in [0.29, 0.717) is 6.42 Å². The molecule has 4 nitrogen and oxygen atoms in total. The second kappa shape index (κ2) is 5.86. The van der Waals surface area contributed by atoms with Crippen LogP contribution in [0.4, 0.5) is 0 Å². The fourth-order valence-corrected chi connectivity index (χ4v) is 2.30. The highest BCUT2D eigenvalue weighted by molar-refractivity contribution is 5.86. The van der Waals surface area contributed by atoms with E-state index in [1.807, 2.05) is 6.92 Å². The topological polar surface area (TPSA) is 64.9 Å². The zero-order valence-electron chi connectivity index (χ0n) is 10.2. The Bertz CT molecular complexity index is 276. The van der Waals surface area contributed by atoms with Crippen LogP contribution in [0.1, 0.15) is 46.0 Å². The van der Waals surface area contributed by atoms with Crippen LogP contribution in [0.5, 0.6) is 0 Å². The lowest BCUT2D eigenvalue weighted by Gasteiger charge is -2.29. The normalized spacial score (nSPS) is 26.1. The highest BCUT2D eigenvalue weighted by atomic mass is 16.2. The fraction of sp³-hybridized carbons (Fsp3) is 0.833. The molecule has 0 radical (unpaired) electrons. The van der Waals surface area contributed by atoms with Gasteiger partial charge in [-0.05, 0) is 32.7 Å². The molecule has 1 fully saturated rings. The second-order valence-corrected chi connectivity index (χ2v) is 4.60. The third kappa shape index (κ3) is 2.96. The first-order valence-corrected chi connectivity index (χ1v) is 6.07. The fourth-order valence-electron chi connectivity index (χ4n) is 2.30. The van der Waals surface area contributed by atoms with E-state index in [1.165, 1.54) is 0 Å². The molecule has 16 heavy (non-hydrogen) atoms. The van der Waals surface area contributed by atoms with E-state index < -0.39 is 0 Å². The van der Waals surface area contributed by atoms with E-state index in [9.17, 15) is 4.79 Å². The minimum absolute atomic E-state index is 0.0615. The molecule has 0 spiro atoms. The summed E-state index contributed by atoms with van der Waals surface area (Å²) >= 11 is 0. The summed E-state index contributed by atoms with van der Waals surface area (Å²) < 4.78 is 0. The van der Waals surface area contributed by atoms with Crippen LogP contribution in [0.25, 0.3) is 0 Å². The third-order valence-electron chi connectivity index (χ3n) is 3.13. The van der Waals surface area contributed by atoms with Crippen molar-refractivity contribution >= 4 is 5.91 Å². The van der Waals surface area contributed by atoms with Gasteiger partial charge in [0, 0.05) is 6.04 Å². The zero-order valence-corrected chi connectivity index (χ0v) is 10.2. The molecule has 0 aromatic heterocycles.